The van der Waals surface area contributed by atoms with Crippen LogP contribution in [0.4, 0.5) is 5.69 Å². The van der Waals surface area contributed by atoms with Crippen LogP contribution >= 0.6 is 23.1 Å². The fraction of sp³-hybridized carbons (Fsp3) is 0.400. The molecule has 8 heteroatoms. The van der Waals surface area contributed by atoms with Crippen LogP contribution in [0.15, 0.2) is 34.7 Å². The van der Waals surface area contributed by atoms with E-state index < -0.39 is 0 Å². The van der Waals surface area contributed by atoms with Gasteiger partial charge in [-0.25, -0.2) is 9.88 Å². The lowest BCUT2D eigenvalue weighted by molar-refractivity contribution is -0.139. The highest BCUT2D eigenvalue weighted by molar-refractivity contribution is 8.01. The van der Waals surface area contributed by atoms with Crippen molar-refractivity contribution in [3.8, 4) is 0 Å². The van der Waals surface area contributed by atoms with Crippen molar-refractivity contribution in [2.75, 3.05) is 17.3 Å². The second kappa shape index (κ2) is 6.70. The Morgan fingerprint density at radius 2 is 1.96 bits per heavy atom. The van der Waals surface area contributed by atoms with Gasteiger partial charge in [-0.1, -0.05) is 23.9 Å². The molecule has 1 aliphatic heterocycles. The van der Waals surface area contributed by atoms with E-state index in [1.54, 1.807) is 13.0 Å². The van der Waals surface area contributed by atoms with Crippen LogP contribution in [0.1, 0.15) is 13.3 Å². The third-order valence-electron chi connectivity index (χ3n) is 5.70. The summed E-state index contributed by atoms with van der Waals surface area (Å²) in [6, 6.07) is 5.47. The SMILES string of the molecule is CCOC(=O)CSc1nc2ccc(N3C(=O)[C@@H]4[C@@H](C3=O)[C@H]3C=C[C@H]4C3)cc2s1. The molecule has 2 fully saturated rings. The number of amides is 2. The van der Waals surface area contributed by atoms with Crippen LogP contribution in [0.3, 0.4) is 0 Å². The zero-order valence-corrected chi connectivity index (χ0v) is 16.8. The molecule has 6 nitrogen and oxygen atoms in total. The highest BCUT2D eigenvalue weighted by Crippen LogP contribution is 2.53. The summed E-state index contributed by atoms with van der Waals surface area (Å²) in [5, 5.41) is 0. The molecule has 1 aromatic heterocycles. The lowest BCUT2D eigenvalue weighted by Crippen LogP contribution is -2.32. The molecule has 2 bridgehead atoms. The number of ether oxygens (including phenoxy) is 1. The van der Waals surface area contributed by atoms with E-state index in [1.807, 2.05) is 12.1 Å². The summed E-state index contributed by atoms with van der Waals surface area (Å²) in [7, 11) is 0. The van der Waals surface area contributed by atoms with Crippen LogP contribution < -0.4 is 4.90 Å². The minimum absolute atomic E-state index is 0.0763. The van der Waals surface area contributed by atoms with E-state index in [1.165, 1.54) is 28.0 Å². The Morgan fingerprint density at radius 1 is 1.25 bits per heavy atom. The molecule has 2 amide bonds. The number of carbonyl (C=O) groups is 3. The Hall–Kier alpha value is -2.19. The summed E-state index contributed by atoms with van der Waals surface area (Å²) in [4.78, 5) is 43.4. The summed E-state index contributed by atoms with van der Waals surface area (Å²) < 4.78 is 6.59. The third-order valence-corrected chi connectivity index (χ3v) is 7.83. The molecular weight excluding hydrogens is 396 g/mol. The second-order valence-electron chi connectivity index (χ2n) is 7.24. The van der Waals surface area contributed by atoms with E-state index in [0.717, 1.165) is 21.0 Å². The van der Waals surface area contributed by atoms with Crippen LogP contribution in [0.2, 0.25) is 0 Å². The summed E-state index contributed by atoms with van der Waals surface area (Å²) in [5.74, 6) is -0.201. The topological polar surface area (TPSA) is 76.6 Å². The lowest BCUT2D eigenvalue weighted by atomic mass is 9.85. The van der Waals surface area contributed by atoms with E-state index in [4.69, 9.17) is 4.74 Å². The van der Waals surface area contributed by atoms with Gasteiger partial charge in [0.25, 0.3) is 0 Å². The number of rotatable bonds is 5. The number of fused-ring (bicyclic) bond motifs is 6. The largest absolute Gasteiger partial charge is 0.465 e. The number of hydrogen-bond acceptors (Lipinski definition) is 7. The van der Waals surface area contributed by atoms with Gasteiger partial charge in [0.1, 0.15) is 0 Å². The van der Waals surface area contributed by atoms with Crippen LogP contribution in [-0.2, 0) is 19.1 Å². The smallest absolute Gasteiger partial charge is 0.316 e. The van der Waals surface area contributed by atoms with Gasteiger partial charge in [-0.15, -0.1) is 11.3 Å². The molecule has 2 heterocycles. The maximum Gasteiger partial charge on any atom is 0.316 e. The van der Waals surface area contributed by atoms with Crippen molar-refractivity contribution in [1.82, 2.24) is 4.98 Å². The maximum atomic E-state index is 13.0. The third kappa shape index (κ3) is 2.69. The molecule has 1 saturated heterocycles. The predicted octanol–water partition coefficient (Wildman–Crippen LogP) is 3.26. The minimum atomic E-state index is -0.268. The van der Waals surface area contributed by atoms with Crippen molar-refractivity contribution in [2.24, 2.45) is 23.7 Å². The first kappa shape index (κ1) is 17.9. The molecule has 28 heavy (non-hydrogen) atoms. The van der Waals surface area contributed by atoms with E-state index >= 15 is 0 Å². The number of hydrogen-bond donors (Lipinski definition) is 0. The minimum Gasteiger partial charge on any atom is -0.465 e. The van der Waals surface area contributed by atoms with E-state index in [0.29, 0.717) is 12.3 Å². The van der Waals surface area contributed by atoms with Gasteiger partial charge in [0.15, 0.2) is 4.34 Å². The van der Waals surface area contributed by atoms with Gasteiger partial charge in [-0.05, 0) is 43.4 Å². The highest BCUT2D eigenvalue weighted by Gasteiger charge is 2.59. The number of thioether (sulfide) groups is 1. The molecule has 144 valence electrons. The maximum absolute atomic E-state index is 13.0. The number of benzene rings is 1. The molecule has 0 spiro atoms. The number of thiazole rings is 1. The number of esters is 1. The average Bonchev–Trinajstić information content (AvgIpc) is 3.42. The van der Waals surface area contributed by atoms with Crippen LogP contribution in [-0.4, -0.2) is 35.1 Å². The zero-order valence-electron chi connectivity index (χ0n) is 15.2. The standard InChI is InChI=1S/C20H18N2O4S2/c1-2-26-15(23)9-27-20-21-13-6-5-12(8-14(13)28-20)22-18(24)16-10-3-4-11(7-10)17(16)19(22)25/h3-6,8,10-11,16-17H,2,7,9H2,1H3/t10-,11-,16-,17-/m0/s1. The molecule has 2 aromatic rings. The Labute approximate surface area is 169 Å². The average molecular weight is 415 g/mol. The Kier molecular flexibility index (Phi) is 4.28. The van der Waals surface area contributed by atoms with Crippen molar-refractivity contribution in [1.29, 1.82) is 0 Å². The van der Waals surface area contributed by atoms with Crippen molar-refractivity contribution in [2.45, 2.75) is 17.7 Å². The van der Waals surface area contributed by atoms with Gasteiger partial charge in [0, 0.05) is 0 Å². The van der Waals surface area contributed by atoms with Crippen molar-refractivity contribution >= 4 is 56.8 Å². The monoisotopic (exact) mass is 414 g/mol. The first-order chi connectivity index (χ1) is 13.6. The fourth-order valence-electron chi connectivity index (χ4n) is 4.57. The van der Waals surface area contributed by atoms with Crippen LogP contribution in [0, 0.1) is 23.7 Å². The summed E-state index contributed by atoms with van der Waals surface area (Å²) in [5.41, 5.74) is 1.41. The number of anilines is 1. The van der Waals surface area contributed by atoms with Gasteiger partial charge in [0.2, 0.25) is 11.8 Å². The van der Waals surface area contributed by atoms with Gasteiger partial charge in [-0.2, -0.15) is 0 Å². The molecule has 0 unspecified atom stereocenters. The normalized spacial score (nSPS) is 27.8. The first-order valence-corrected chi connectivity index (χ1v) is 11.1. The number of imide groups is 1. The van der Waals surface area contributed by atoms with Gasteiger partial charge in [-0.3, -0.25) is 14.4 Å². The van der Waals surface area contributed by atoms with E-state index in [-0.39, 0.29) is 47.2 Å². The molecule has 2 aliphatic carbocycles. The van der Waals surface area contributed by atoms with Crippen molar-refractivity contribution in [3.63, 3.8) is 0 Å². The zero-order chi connectivity index (χ0) is 19.4. The molecule has 3 aliphatic rings. The molecule has 4 atom stereocenters. The number of allylic oxidation sites excluding steroid dienone is 2. The summed E-state index contributed by atoms with van der Waals surface area (Å²) in [6.45, 7) is 2.14. The molecule has 0 radical (unpaired) electrons. The second-order valence-corrected chi connectivity index (χ2v) is 9.49. The van der Waals surface area contributed by atoms with Crippen LogP contribution in [0.25, 0.3) is 10.2 Å². The highest BCUT2D eigenvalue weighted by atomic mass is 32.2. The molecular formula is C20H18N2O4S2. The van der Waals surface area contributed by atoms with Gasteiger partial charge >= 0.3 is 5.97 Å². The Balaban J connectivity index is 1.39. The predicted molar refractivity (Wildman–Crippen MR) is 107 cm³/mol. The number of carbonyl (C=O) groups excluding carboxylic acids is 3. The van der Waals surface area contributed by atoms with Crippen molar-refractivity contribution in [3.05, 3.63) is 30.4 Å². The van der Waals surface area contributed by atoms with Gasteiger partial charge in [0.05, 0.1) is 40.1 Å². The molecule has 5 rings (SSSR count). The van der Waals surface area contributed by atoms with E-state index in [2.05, 4.69) is 17.1 Å². The first-order valence-electron chi connectivity index (χ1n) is 9.32. The molecule has 1 saturated carbocycles. The fourth-order valence-corrected chi connectivity index (χ4v) is 6.47. The van der Waals surface area contributed by atoms with Crippen LogP contribution in [0.5, 0.6) is 0 Å². The summed E-state index contributed by atoms with van der Waals surface area (Å²) >= 11 is 2.78. The van der Waals surface area contributed by atoms with Crippen molar-refractivity contribution < 1.29 is 19.1 Å². The summed E-state index contributed by atoms with van der Waals surface area (Å²) in [6.07, 6.45) is 5.12. The molecule has 0 N–H and O–H groups in total. The number of nitrogens with zero attached hydrogens (tertiary/aromatic N) is 2. The Bertz CT molecular complexity index is 1000. The Morgan fingerprint density at radius 3 is 2.64 bits per heavy atom. The lowest BCUT2D eigenvalue weighted by Gasteiger charge is -2.17. The van der Waals surface area contributed by atoms with Gasteiger partial charge < -0.3 is 4.74 Å². The molecule has 1 aromatic carbocycles. The quantitative estimate of drug-likeness (QED) is 0.324. The van der Waals surface area contributed by atoms with E-state index in [9.17, 15) is 14.4 Å². The number of aromatic nitrogens is 1.